The van der Waals surface area contributed by atoms with Crippen LogP contribution in [0.2, 0.25) is 0 Å². The van der Waals surface area contributed by atoms with E-state index >= 15 is 0 Å². The van der Waals surface area contributed by atoms with Crippen LogP contribution in [-0.4, -0.2) is 15.5 Å². The monoisotopic (exact) mass is 387 g/mol. The summed E-state index contributed by atoms with van der Waals surface area (Å²) in [5, 5.41) is 3.94. The molecule has 2 saturated carbocycles. The Morgan fingerprint density at radius 3 is 2.48 bits per heavy atom. The quantitative estimate of drug-likeness (QED) is 0.699. The van der Waals surface area contributed by atoms with E-state index in [1.54, 1.807) is 0 Å². The van der Waals surface area contributed by atoms with Crippen LogP contribution in [0.5, 0.6) is 0 Å². The minimum Gasteiger partial charge on any atom is -0.347 e. The van der Waals surface area contributed by atoms with Gasteiger partial charge in [0.1, 0.15) is 5.82 Å². The molecule has 2 fully saturated rings. The van der Waals surface area contributed by atoms with Crippen LogP contribution in [0.1, 0.15) is 56.0 Å². The summed E-state index contributed by atoms with van der Waals surface area (Å²) in [6.07, 6.45) is 5.92. The minimum absolute atomic E-state index is 0.0215. The smallest absolute Gasteiger partial charge is 0.261 e. The van der Waals surface area contributed by atoms with Crippen LogP contribution in [0, 0.1) is 0 Å². The highest BCUT2D eigenvalue weighted by Gasteiger charge is 2.39. The fourth-order valence-corrected chi connectivity index (χ4v) is 4.41. The number of benzene rings is 2. The lowest BCUT2D eigenvalue weighted by atomic mass is 9.71. The van der Waals surface area contributed by atoms with Gasteiger partial charge in [-0.05, 0) is 49.8 Å². The van der Waals surface area contributed by atoms with Crippen molar-refractivity contribution in [3.05, 3.63) is 76.3 Å². The molecule has 2 aromatic carbocycles. The van der Waals surface area contributed by atoms with E-state index in [9.17, 15) is 9.59 Å². The summed E-state index contributed by atoms with van der Waals surface area (Å²) in [6, 6.07) is 17.9. The largest absolute Gasteiger partial charge is 0.347 e. The van der Waals surface area contributed by atoms with Gasteiger partial charge in [-0.25, -0.2) is 4.98 Å². The average Bonchev–Trinajstić information content (AvgIpc) is 3.55. The van der Waals surface area contributed by atoms with Crippen molar-refractivity contribution in [1.82, 2.24) is 14.9 Å². The summed E-state index contributed by atoms with van der Waals surface area (Å²) >= 11 is 0. The maximum atomic E-state index is 13.0. The van der Waals surface area contributed by atoms with Crippen LogP contribution in [-0.2, 0) is 16.8 Å². The molecule has 2 aliphatic rings. The van der Waals surface area contributed by atoms with Gasteiger partial charge in [-0.3, -0.25) is 14.2 Å². The van der Waals surface area contributed by atoms with Gasteiger partial charge in [0.15, 0.2) is 0 Å². The van der Waals surface area contributed by atoms with Crippen molar-refractivity contribution in [2.45, 2.75) is 56.5 Å². The molecule has 3 aromatic rings. The number of carbonyl (C=O) groups is 1. The molecular weight excluding hydrogens is 362 g/mol. The predicted molar refractivity (Wildman–Crippen MR) is 113 cm³/mol. The van der Waals surface area contributed by atoms with Crippen molar-refractivity contribution < 1.29 is 4.79 Å². The van der Waals surface area contributed by atoms with Gasteiger partial charge in [0.05, 0.1) is 16.4 Å². The molecule has 148 valence electrons. The lowest BCUT2D eigenvalue weighted by Gasteiger charge is -2.43. The minimum atomic E-state index is -0.231. The third kappa shape index (κ3) is 3.35. The van der Waals surface area contributed by atoms with Gasteiger partial charge in [-0.15, -0.1) is 0 Å². The number of carbonyl (C=O) groups excluding carboxylic acids is 1. The molecule has 0 spiro atoms. The Bertz CT molecular complexity index is 1110. The number of nitrogens with zero attached hydrogens (tertiary/aromatic N) is 2. The molecule has 2 aliphatic carbocycles. The Hall–Kier alpha value is -2.95. The van der Waals surface area contributed by atoms with Crippen molar-refractivity contribution in [3.63, 3.8) is 0 Å². The first-order valence-electron chi connectivity index (χ1n) is 10.5. The zero-order valence-corrected chi connectivity index (χ0v) is 16.4. The summed E-state index contributed by atoms with van der Waals surface area (Å²) in [4.78, 5) is 30.5. The van der Waals surface area contributed by atoms with E-state index in [0.29, 0.717) is 23.7 Å². The summed E-state index contributed by atoms with van der Waals surface area (Å²) in [5.74, 6) is 0.757. The standard InChI is InChI=1S/C24H25N3O2/c28-22(26-24(15-6-16-24)17-7-2-1-3-8-17)14-13-21-25-20-10-5-4-9-19(20)23(29)27(21)18-11-12-18/h1-5,7-10,18H,6,11-16H2,(H,26,28). The Labute approximate surface area is 169 Å². The molecule has 1 aromatic heterocycles. The summed E-state index contributed by atoms with van der Waals surface area (Å²) < 4.78 is 1.83. The number of para-hydroxylation sites is 1. The summed E-state index contributed by atoms with van der Waals surface area (Å²) in [6.45, 7) is 0. The molecule has 0 bridgehead atoms. The Morgan fingerprint density at radius 2 is 1.79 bits per heavy atom. The van der Waals surface area contributed by atoms with E-state index in [2.05, 4.69) is 17.4 Å². The van der Waals surface area contributed by atoms with E-state index in [1.807, 2.05) is 47.0 Å². The first-order chi connectivity index (χ1) is 14.2. The second-order valence-corrected chi connectivity index (χ2v) is 8.30. The van der Waals surface area contributed by atoms with Gasteiger partial charge < -0.3 is 5.32 Å². The number of aromatic nitrogens is 2. The van der Waals surface area contributed by atoms with E-state index in [0.717, 1.165) is 37.9 Å². The Kier molecular flexibility index (Phi) is 4.46. The molecule has 5 rings (SSSR count). The molecule has 0 unspecified atom stereocenters. The Balaban J connectivity index is 1.36. The number of amides is 1. The summed E-state index contributed by atoms with van der Waals surface area (Å²) in [5.41, 5.74) is 1.68. The Morgan fingerprint density at radius 1 is 1.07 bits per heavy atom. The van der Waals surface area contributed by atoms with Crippen LogP contribution >= 0.6 is 0 Å². The third-order valence-electron chi connectivity index (χ3n) is 6.28. The van der Waals surface area contributed by atoms with Crippen molar-refractivity contribution >= 4 is 16.8 Å². The lowest BCUT2D eigenvalue weighted by Crippen LogP contribution is -2.50. The molecule has 0 radical (unpaired) electrons. The van der Waals surface area contributed by atoms with Crippen LogP contribution in [0.4, 0.5) is 0 Å². The van der Waals surface area contributed by atoms with Gasteiger partial charge in [0, 0.05) is 18.9 Å². The number of nitrogens with one attached hydrogen (secondary N) is 1. The normalized spacial score (nSPS) is 17.7. The molecular formula is C24H25N3O2. The van der Waals surface area contributed by atoms with Gasteiger partial charge in [-0.1, -0.05) is 42.5 Å². The molecule has 29 heavy (non-hydrogen) atoms. The van der Waals surface area contributed by atoms with Gasteiger partial charge in [0.2, 0.25) is 5.91 Å². The van der Waals surface area contributed by atoms with Crippen LogP contribution in [0.25, 0.3) is 10.9 Å². The zero-order valence-electron chi connectivity index (χ0n) is 16.4. The number of hydrogen-bond acceptors (Lipinski definition) is 3. The van der Waals surface area contributed by atoms with Crippen LogP contribution in [0.3, 0.4) is 0 Å². The first kappa shape index (κ1) is 18.1. The SMILES string of the molecule is O=C(CCc1nc2ccccc2c(=O)n1C1CC1)NC1(c2ccccc2)CCC1. The fraction of sp³-hybridized carbons (Fsp3) is 0.375. The van der Waals surface area contributed by atoms with Gasteiger partial charge in [-0.2, -0.15) is 0 Å². The molecule has 5 heteroatoms. The molecule has 1 N–H and O–H groups in total. The van der Waals surface area contributed by atoms with E-state index in [4.69, 9.17) is 4.98 Å². The maximum Gasteiger partial charge on any atom is 0.261 e. The molecule has 1 heterocycles. The van der Waals surface area contributed by atoms with Crippen molar-refractivity contribution in [1.29, 1.82) is 0 Å². The second-order valence-electron chi connectivity index (χ2n) is 8.30. The van der Waals surface area contributed by atoms with E-state index < -0.39 is 0 Å². The van der Waals surface area contributed by atoms with Crippen molar-refractivity contribution in [2.24, 2.45) is 0 Å². The van der Waals surface area contributed by atoms with E-state index in [-0.39, 0.29) is 23.0 Å². The fourth-order valence-electron chi connectivity index (χ4n) is 4.41. The van der Waals surface area contributed by atoms with E-state index in [1.165, 1.54) is 5.56 Å². The lowest BCUT2D eigenvalue weighted by molar-refractivity contribution is -0.124. The van der Waals surface area contributed by atoms with Crippen LogP contribution in [0.15, 0.2) is 59.4 Å². The number of rotatable bonds is 6. The van der Waals surface area contributed by atoms with Gasteiger partial charge >= 0.3 is 0 Å². The number of hydrogen-bond donors (Lipinski definition) is 1. The maximum absolute atomic E-state index is 13.0. The summed E-state index contributed by atoms with van der Waals surface area (Å²) in [7, 11) is 0. The highest BCUT2D eigenvalue weighted by molar-refractivity contribution is 5.79. The highest BCUT2D eigenvalue weighted by Crippen LogP contribution is 2.41. The van der Waals surface area contributed by atoms with Crippen LogP contribution < -0.4 is 10.9 Å². The van der Waals surface area contributed by atoms with Crippen molar-refractivity contribution in [3.8, 4) is 0 Å². The molecule has 0 atom stereocenters. The first-order valence-corrected chi connectivity index (χ1v) is 10.5. The number of fused-ring (bicyclic) bond motifs is 1. The average molecular weight is 387 g/mol. The molecule has 5 nitrogen and oxygen atoms in total. The third-order valence-corrected chi connectivity index (χ3v) is 6.28. The highest BCUT2D eigenvalue weighted by atomic mass is 16.2. The molecule has 0 saturated heterocycles. The van der Waals surface area contributed by atoms with Gasteiger partial charge in [0.25, 0.3) is 5.56 Å². The molecule has 1 amide bonds. The number of aryl methyl sites for hydroxylation is 1. The zero-order chi connectivity index (χ0) is 19.8. The molecule has 0 aliphatic heterocycles. The second kappa shape index (κ2) is 7.14. The predicted octanol–water partition coefficient (Wildman–Crippen LogP) is 3.86. The topological polar surface area (TPSA) is 64.0 Å². The van der Waals surface area contributed by atoms with Crippen molar-refractivity contribution in [2.75, 3.05) is 0 Å².